The second-order valence-electron chi connectivity index (χ2n) is 5.60. The molecule has 2 N–H and O–H groups in total. The fourth-order valence-corrected chi connectivity index (χ4v) is 2.50. The van der Waals surface area contributed by atoms with Crippen LogP contribution in [0.4, 0.5) is 17.1 Å². The molecule has 0 aromatic heterocycles. The van der Waals surface area contributed by atoms with E-state index in [-0.39, 0.29) is 11.3 Å². The van der Waals surface area contributed by atoms with E-state index in [1.165, 1.54) is 18.2 Å². The van der Waals surface area contributed by atoms with Crippen molar-refractivity contribution in [3.05, 3.63) is 88.5 Å². The van der Waals surface area contributed by atoms with E-state index in [9.17, 15) is 14.9 Å². The number of nitrogens with one attached hydrogen (secondary N) is 2. The predicted octanol–water partition coefficient (Wildman–Crippen LogP) is 4.68. The number of nitro benzene ring substituents is 1. The molecule has 0 fully saturated rings. The van der Waals surface area contributed by atoms with Gasteiger partial charge in [0.1, 0.15) is 11.4 Å². The Labute approximate surface area is 155 Å². The van der Waals surface area contributed by atoms with Gasteiger partial charge in [-0.1, -0.05) is 30.3 Å². The third kappa shape index (κ3) is 4.21. The molecule has 7 heteroatoms. The van der Waals surface area contributed by atoms with E-state index in [2.05, 4.69) is 10.6 Å². The molecule has 0 aliphatic heterocycles. The molecule has 27 heavy (non-hydrogen) atoms. The van der Waals surface area contributed by atoms with Crippen LogP contribution in [0.15, 0.2) is 72.8 Å². The second-order valence-corrected chi connectivity index (χ2v) is 5.60. The van der Waals surface area contributed by atoms with Gasteiger partial charge in [0.15, 0.2) is 5.75 Å². The summed E-state index contributed by atoms with van der Waals surface area (Å²) in [6.45, 7) is 0. The Morgan fingerprint density at radius 3 is 2.37 bits per heavy atom. The number of para-hydroxylation sites is 3. The van der Waals surface area contributed by atoms with Gasteiger partial charge in [0.2, 0.25) is 0 Å². The van der Waals surface area contributed by atoms with Gasteiger partial charge in [-0.15, -0.1) is 0 Å². The van der Waals surface area contributed by atoms with Crippen molar-refractivity contribution in [2.75, 3.05) is 17.7 Å². The largest absolute Gasteiger partial charge is 0.455 e. The average Bonchev–Trinajstić information content (AvgIpc) is 2.69. The Balaban J connectivity index is 1.85. The third-order valence-corrected chi connectivity index (χ3v) is 3.83. The smallest absolute Gasteiger partial charge is 0.293 e. The molecule has 0 saturated heterocycles. The van der Waals surface area contributed by atoms with Crippen molar-refractivity contribution in [2.45, 2.75) is 0 Å². The fraction of sp³-hybridized carbons (Fsp3) is 0.0500. The Kier molecular flexibility index (Phi) is 5.32. The first-order valence-electron chi connectivity index (χ1n) is 8.18. The molecule has 7 nitrogen and oxygen atoms in total. The number of carbonyl (C=O) groups excluding carboxylic acids is 1. The van der Waals surface area contributed by atoms with Gasteiger partial charge in [0, 0.05) is 18.7 Å². The summed E-state index contributed by atoms with van der Waals surface area (Å²) in [5.41, 5.74) is 0.810. The lowest BCUT2D eigenvalue weighted by atomic mass is 10.1. The van der Waals surface area contributed by atoms with Crippen LogP contribution in [0.5, 0.6) is 11.5 Å². The van der Waals surface area contributed by atoms with Crippen LogP contribution in [-0.2, 0) is 0 Å². The van der Waals surface area contributed by atoms with Crippen LogP contribution in [0.25, 0.3) is 0 Å². The van der Waals surface area contributed by atoms with Gasteiger partial charge in [0.05, 0.1) is 10.6 Å². The number of ether oxygens (including phenoxy) is 1. The molecule has 3 aromatic carbocycles. The lowest BCUT2D eigenvalue weighted by molar-refractivity contribution is -0.384. The summed E-state index contributed by atoms with van der Waals surface area (Å²) in [5, 5.41) is 16.7. The van der Waals surface area contributed by atoms with Crippen molar-refractivity contribution < 1.29 is 14.5 Å². The number of carbonyl (C=O) groups is 1. The predicted molar refractivity (Wildman–Crippen MR) is 104 cm³/mol. The van der Waals surface area contributed by atoms with Gasteiger partial charge in [-0.05, 0) is 36.4 Å². The van der Waals surface area contributed by atoms with Crippen LogP contribution >= 0.6 is 0 Å². The summed E-state index contributed by atoms with van der Waals surface area (Å²) < 4.78 is 5.81. The van der Waals surface area contributed by atoms with Crippen LogP contribution in [-0.4, -0.2) is 17.9 Å². The molecule has 0 aliphatic rings. The Morgan fingerprint density at radius 2 is 1.67 bits per heavy atom. The van der Waals surface area contributed by atoms with Gasteiger partial charge in [-0.2, -0.15) is 0 Å². The Morgan fingerprint density at radius 1 is 0.963 bits per heavy atom. The molecule has 0 bridgehead atoms. The molecule has 0 saturated carbocycles. The fourth-order valence-electron chi connectivity index (χ4n) is 2.50. The molecule has 0 spiro atoms. The molecule has 0 heterocycles. The highest BCUT2D eigenvalue weighted by atomic mass is 16.6. The number of rotatable bonds is 6. The standard InChI is InChI=1S/C20H17N3O4/c1-21-16-12-11-14(13-18(16)23(25)26)20(24)22-17-9-5-6-10-19(17)27-15-7-3-2-4-8-15/h2-13,21H,1H3,(H,22,24). The van der Waals surface area contributed by atoms with Crippen LogP contribution in [0.2, 0.25) is 0 Å². The van der Waals surface area contributed by atoms with Gasteiger partial charge in [-0.25, -0.2) is 0 Å². The SMILES string of the molecule is CNc1ccc(C(=O)Nc2ccccc2Oc2ccccc2)cc1[N+](=O)[O-]. The maximum atomic E-state index is 12.6. The highest BCUT2D eigenvalue weighted by molar-refractivity contribution is 6.05. The van der Waals surface area contributed by atoms with Crippen molar-refractivity contribution in [3.63, 3.8) is 0 Å². The van der Waals surface area contributed by atoms with E-state index in [1.54, 1.807) is 43.4 Å². The zero-order valence-electron chi connectivity index (χ0n) is 14.5. The maximum Gasteiger partial charge on any atom is 0.293 e. The zero-order valence-corrected chi connectivity index (χ0v) is 14.5. The molecule has 0 unspecified atom stereocenters. The second kappa shape index (κ2) is 8.01. The van der Waals surface area contributed by atoms with Gasteiger partial charge in [0.25, 0.3) is 11.6 Å². The number of nitro groups is 1. The van der Waals surface area contributed by atoms with Crippen LogP contribution < -0.4 is 15.4 Å². The van der Waals surface area contributed by atoms with E-state index >= 15 is 0 Å². The number of nitrogens with zero attached hydrogens (tertiary/aromatic N) is 1. The zero-order chi connectivity index (χ0) is 19.2. The lowest BCUT2D eigenvalue weighted by Crippen LogP contribution is -2.13. The normalized spacial score (nSPS) is 10.1. The highest BCUT2D eigenvalue weighted by Gasteiger charge is 2.17. The first kappa shape index (κ1) is 17.9. The lowest BCUT2D eigenvalue weighted by Gasteiger charge is -2.12. The van der Waals surface area contributed by atoms with Crippen molar-refractivity contribution in [1.29, 1.82) is 0 Å². The molecule has 0 aliphatic carbocycles. The molecule has 0 atom stereocenters. The van der Waals surface area contributed by atoms with Crippen molar-refractivity contribution in [3.8, 4) is 11.5 Å². The Hall–Kier alpha value is -3.87. The minimum atomic E-state index is -0.533. The van der Waals surface area contributed by atoms with E-state index in [0.717, 1.165) is 0 Å². The summed E-state index contributed by atoms with van der Waals surface area (Å²) in [6, 6.07) is 20.4. The summed E-state index contributed by atoms with van der Waals surface area (Å²) in [6.07, 6.45) is 0. The van der Waals surface area contributed by atoms with E-state index in [4.69, 9.17) is 4.74 Å². The molecule has 136 valence electrons. The topological polar surface area (TPSA) is 93.5 Å². The maximum absolute atomic E-state index is 12.6. The van der Waals surface area contributed by atoms with Crippen molar-refractivity contribution in [2.24, 2.45) is 0 Å². The van der Waals surface area contributed by atoms with E-state index in [0.29, 0.717) is 22.9 Å². The van der Waals surface area contributed by atoms with Gasteiger partial charge >= 0.3 is 0 Å². The van der Waals surface area contributed by atoms with Crippen LogP contribution in [0.1, 0.15) is 10.4 Å². The summed E-state index contributed by atoms with van der Waals surface area (Å²) in [4.78, 5) is 23.2. The monoisotopic (exact) mass is 363 g/mol. The minimum absolute atomic E-state index is 0.168. The minimum Gasteiger partial charge on any atom is -0.455 e. The summed E-state index contributed by atoms with van der Waals surface area (Å²) in [7, 11) is 1.58. The first-order chi connectivity index (χ1) is 13.1. The average molecular weight is 363 g/mol. The summed E-state index contributed by atoms with van der Waals surface area (Å²) >= 11 is 0. The molecule has 3 rings (SSSR count). The molecule has 3 aromatic rings. The van der Waals surface area contributed by atoms with Crippen LogP contribution in [0.3, 0.4) is 0 Å². The molecular weight excluding hydrogens is 346 g/mol. The van der Waals surface area contributed by atoms with Crippen molar-refractivity contribution in [1.82, 2.24) is 0 Å². The number of hydrogen-bond donors (Lipinski definition) is 2. The summed E-state index contributed by atoms with van der Waals surface area (Å²) in [5.74, 6) is 0.636. The first-order valence-corrected chi connectivity index (χ1v) is 8.18. The number of benzene rings is 3. The number of amides is 1. The quantitative estimate of drug-likeness (QED) is 0.490. The Bertz CT molecular complexity index is 974. The van der Waals surface area contributed by atoms with Gasteiger partial charge in [-0.3, -0.25) is 14.9 Å². The molecular formula is C20H17N3O4. The number of anilines is 2. The van der Waals surface area contributed by atoms with Crippen molar-refractivity contribution >= 4 is 23.0 Å². The van der Waals surface area contributed by atoms with Gasteiger partial charge < -0.3 is 15.4 Å². The molecule has 0 radical (unpaired) electrons. The van der Waals surface area contributed by atoms with Crippen LogP contribution in [0, 0.1) is 10.1 Å². The molecule has 1 amide bonds. The van der Waals surface area contributed by atoms with E-state index < -0.39 is 10.8 Å². The van der Waals surface area contributed by atoms with E-state index in [1.807, 2.05) is 18.2 Å². The third-order valence-electron chi connectivity index (χ3n) is 3.83. The number of hydrogen-bond acceptors (Lipinski definition) is 5. The highest BCUT2D eigenvalue weighted by Crippen LogP contribution is 2.30.